The molecule has 1 aromatic carbocycles. The van der Waals surface area contributed by atoms with Crippen LogP contribution in [0.25, 0.3) is 0 Å². The summed E-state index contributed by atoms with van der Waals surface area (Å²) in [6, 6.07) is 5.41. The SMILES string of the molecule is CCC1CCCC(NS(=O)(=O)c2ccc(C)cc2Br)C1. The van der Waals surface area contributed by atoms with Gasteiger partial charge in [0.15, 0.2) is 0 Å². The van der Waals surface area contributed by atoms with E-state index in [0.717, 1.165) is 31.2 Å². The predicted octanol–water partition coefficient (Wildman–Crippen LogP) is 4.00. The molecule has 2 rings (SSSR count). The molecule has 2 atom stereocenters. The molecule has 0 aliphatic heterocycles. The monoisotopic (exact) mass is 359 g/mol. The quantitative estimate of drug-likeness (QED) is 0.882. The Labute approximate surface area is 130 Å². The van der Waals surface area contributed by atoms with Crippen LogP contribution in [0.1, 0.15) is 44.6 Å². The van der Waals surface area contributed by atoms with Crippen molar-refractivity contribution in [2.45, 2.75) is 56.9 Å². The molecule has 1 saturated carbocycles. The third-order valence-electron chi connectivity index (χ3n) is 4.06. The maximum atomic E-state index is 12.5. The van der Waals surface area contributed by atoms with E-state index in [2.05, 4.69) is 27.6 Å². The van der Waals surface area contributed by atoms with E-state index >= 15 is 0 Å². The Hall–Kier alpha value is -0.390. The number of rotatable bonds is 4. The number of aryl methyl sites for hydroxylation is 1. The molecule has 20 heavy (non-hydrogen) atoms. The summed E-state index contributed by atoms with van der Waals surface area (Å²) >= 11 is 3.35. The first kappa shape index (κ1) is 16.0. The Kier molecular flexibility index (Phi) is 5.26. The molecule has 0 heterocycles. The zero-order valence-electron chi connectivity index (χ0n) is 12.0. The van der Waals surface area contributed by atoms with Crippen LogP contribution < -0.4 is 4.72 Å². The molecule has 1 fully saturated rings. The molecule has 1 aliphatic carbocycles. The van der Waals surface area contributed by atoms with Crippen LogP contribution in [0.4, 0.5) is 0 Å². The number of benzene rings is 1. The fourth-order valence-electron chi connectivity index (χ4n) is 2.88. The Morgan fingerprint density at radius 3 is 2.75 bits per heavy atom. The highest BCUT2D eigenvalue weighted by molar-refractivity contribution is 9.10. The van der Waals surface area contributed by atoms with Crippen molar-refractivity contribution in [1.29, 1.82) is 0 Å². The summed E-state index contributed by atoms with van der Waals surface area (Å²) in [5.74, 6) is 0.651. The topological polar surface area (TPSA) is 46.2 Å². The van der Waals surface area contributed by atoms with E-state index < -0.39 is 10.0 Å². The normalized spacial score (nSPS) is 23.8. The van der Waals surface area contributed by atoms with Crippen LogP contribution in [0.2, 0.25) is 0 Å². The average molecular weight is 360 g/mol. The molecule has 5 heteroatoms. The summed E-state index contributed by atoms with van der Waals surface area (Å²) in [5.41, 5.74) is 1.04. The molecule has 3 nitrogen and oxygen atoms in total. The van der Waals surface area contributed by atoms with Gasteiger partial charge >= 0.3 is 0 Å². The summed E-state index contributed by atoms with van der Waals surface area (Å²) in [4.78, 5) is 0.335. The minimum absolute atomic E-state index is 0.0758. The van der Waals surface area contributed by atoms with E-state index in [1.165, 1.54) is 6.42 Å². The van der Waals surface area contributed by atoms with E-state index in [4.69, 9.17) is 0 Å². The molecular weight excluding hydrogens is 338 g/mol. The van der Waals surface area contributed by atoms with Gasteiger partial charge in [-0.1, -0.05) is 32.3 Å². The molecule has 0 bridgehead atoms. The lowest BCUT2D eigenvalue weighted by Gasteiger charge is -2.29. The number of hydrogen-bond acceptors (Lipinski definition) is 2. The van der Waals surface area contributed by atoms with Crippen molar-refractivity contribution in [3.05, 3.63) is 28.2 Å². The van der Waals surface area contributed by atoms with Crippen molar-refractivity contribution >= 4 is 26.0 Å². The van der Waals surface area contributed by atoms with Gasteiger partial charge in [-0.15, -0.1) is 0 Å². The standard InChI is InChI=1S/C15H22BrNO2S/c1-3-12-5-4-6-13(10-12)17-20(18,19)15-8-7-11(2)9-14(15)16/h7-9,12-13,17H,3-6,10H2,1-2H3. The minimum atomic E-state index is -3.44. The second kappa shape index (κ2) is 6.58. The molecule has 0 spiro atoms. The number of nitrogens with one attached hydrogen (secondary N) is 1. The number of halogens is 1. The first-order valence-electron chi connectivity index (χ1n) is 7.21. The molecule has 0 aromatic heterocycles. The lowest BCUT2D eigenvalue weighted by Crippen LogP contribution is -2.38. The van der Waals surface area contributed by atoms with Crippen molar-refractivity contribution in [3.8, 4) is 0 Å². The average Bonchev–Trinajstić information content (AvgIpc) is 2.37. The van der Waals surface area contributed by atoms with Gasteiger partial charge in [0.05, 0.1) is 4.90 Å². The van der Waals surface area contributed by atoms with Crippen molar-refractivity contribution in [3.63, 3.8) is 0 Å². The van der Waals surface area contributed by atoms with Gasteiger partial charge in [-0.25, -0.2) is 13.1 Å². The van der Waals surface area contributed by atoms with Crippen LogP contribution in [-0.2, 0) is 10.0 Å². The number of sulfonamides is 1. The molecule has 0 radical (unpaired) electrons. The van der Waals surface area contributed by atoms with E-state index in [9.17, 15) is 8.42 Å². The fraction of sp³-hybridized carbons (Fsp3) is 0.600. The lowest BCUT2D eigenvalue weighted by molar-refractivity contribution is 0.301. The van der Waals surface area contributed by atoms with Gasteiger partial charge in [-0.05, 0) is 59.3 Å². The molecule has 1 aromatic rings. The molecule has 112 valence electrons. The second-order valence-corrected chi connectivity index (χ2v) is 8.23. The van der Waals surface area contributed by atoms with Crippen LogP contribution in [0, 0.1) is 12.8 Å². The van der Waals surface area contributed by atoms with E-state index in [1.807, 2.05) is 19.1 Å². The first-order valence-corrected chi connectivity index (χ1v) is 9.48. The third-order valence-corrected chi connectivity index (χ3v) is 6.56. The van der Waals surface area contributed by atoms with Crippen molar-refractivity contribution in [1.82, 2.24) is 4.72 Å². The smallest absolute Gasteiger partial charge is 0.208 e. The Balaban J connectivity index is 2.14. The highest BCUT2D eigenvalue weighted by atomic mass is 79.9. The van der Waals surface area contributed by atoms with Gasteiger partial charge < -0.3 is 0 Å². The van der Waals surface area contributed by atoms with Gasteiger partial charge in [0.2, 0.25) is 10.0 Å². The molecule has 1 N–H and O–H groups in total. The Morgan fingerprint density at radius 1 is 1.35 bits per heavy atom. The fourth-order valence-corrected chi connectivity index (χ4v) is 5.35. The Bertz CT molecular complexity index is 571. The van der Waals surface area contributed by atoms with Crippen LogP contribution in [-0.4, -0.2) is 14.5 Å². The first-order chi connectivity index (χ1) is 9.42. The maximum Gasteiger partial charge on any atom is 0.241 e. The molecule has 1 aliphatic rings. The summed E-state index contributed by atoms with van der Waals surface area (Å²) < 4.78 is 28.5. The predicted molar refractivity (Wildman–Crippen MR) is 85.2 cm³/mol. The summed E-state index contributed by atoms with van der Waals surface area (Å²) in [6.45, 7) is 4.12. The van der Waals surface area contributed by atoms with E-state index in [-0.39, 0.29) is 6.04 Å². The van der Waals surface area contributed by atoms with Crippen LogP contribution in [0.3, 0.4) is 0 Å². The van der Waals surface area contributed by atoms with E-state index in [1.54, 1.807) is 6.07 Å². The number of hydrogen-bond donors (Lipinski definition) is 1. The van der Waals surface area contributed by atoms with Crippen molar-refractivity contribution in [2.24, 2.45) is 5.92 Å². The summed E-state index contributed by atoms with van der Waals surface area (Å²) in [5, 5.41) is 0. The minimum Gasteiger partial charge on any atom is -0.208 e. The lowest BCUT2D eigenvalue weighted by atomic mass is 9.85. The third kappa shape index (κ3) is 3.83. The summed E-state index contributed by atoms with van der Waals surface area (Å²) in [6.07, 6.45) is 5.37. The second-order valence-electron chi connectivity index (χ2n) is 5.69. The highest BCUT2D eigenvalue weighted by Crippen LogP contribution is 2.29. The largest absolute Gasteiger partial charge is 0.241 e. The van der Waals surface area contributed by atoms with Crippen molar-refractivity contribution < 1.29 is 8.42 Å². The zero-order chi connectivity index (χ0) is 14.8. The molecule has 0 saturated heterocycles. The molecule has 0 amide bonds. The Morgan fingerprint density at radius 2 is 2.10 bits per heavy atom. The van der Waals surface area contributed by atoms with Gasteiger partial charge in [-0.3, -0.25) is 0 Å². The molecule has 2 unspecified atom stereocenters. The van der Waals surface area contributed by atoms with Gasteiger partial charge in [0.25, 0.3) is 0 Å². The van der Waals surface area contributed by atoms with Crippen molar-refractivity contribution in [2.75, 3.05) is 0 Å². The van der Waals surface area contributed by atoms with Gasteiger partial charge in [0.1, 0.15) is 0 Å². The van der Waals surface area contributed by atoms with Crippen LogP contribution >= 0.6 is 15.9 Å². The zero-order valence-corrected chi connectivity index (χ0v) is 14.4. The summed E-state index contributed by atoms with van der Waals surface area (Å²) in [7, 11) is -3.44. The van der Waals surface area contributed by atoms with Gasteiger partial charge in [0, 0.05) is 10.5 Å². The van der Waals surface area contributed by atoms with Crippen LogP contribution in [0.15, 0.2) is 27.6 Å². The maximum absolute atomic E-state index is 12.5. The van der Waals surface area contributed by atoms with E-state index in [0.29, 0.717) is 15.3 Å². The van der Waals surface area contributed by atoms with Gasteiger partial charge in [-0.2, -0.15) is 0 Å². The van der Waals surface area contributed by atoms with Crippen LogP contribution in [0.5, 0.6) is 0 Å². The highest BCUT2D eigenvalue weighted by Gasteiger charge is 2.26. The molecular formula is C15H22BrNO2S.